The third kappa shape index (κ3) is 6.93. The van der Waals surface area contributed by atoms with E-state index in [1.54, 1.807) is 6.92 Å². The van der Waals surface area contributed by atoms with Crippen LogP contribution >= 0.6 is 0 Å². The van der Waals surface area contributed by atoms with Crippen molar-refractivity contribution in [2.75, 3.05) is 19.6 Å². The van der Waals surface area contributed by atoms with E-state index in [1.807, 2.05) is 13.8 Å². The van der Waals surface area contributed by atoms with Crippen LogP contribution in [0.3, 0.4) is 0 Å². The number of amides is 1. The Bertz CT molecular complexity index is 337. The number of rotatable bonds is 9. The fourth-order valence-electron chi connectivity index (χ4n) is 1.34. The summed E-state index contributed by atoms with van der Waals surface area (Å²) in [6.45, 7) is 6.57. The number of nitrogens with two attached hydrogens (primary N) is 1. The molecule has 0 fully saturated rings. The first-order valence-corrected chi connectivity index (χ1v) is 7.83. The number of carbonyl (C=O) groups excluding carboxylic acids is 1. The second-order valence-electron chi connectivity index (χ2n) is 4.65. The molecule has 0 aromatic carbocycles. The molecule has 1 amide bonds. The van der Waals surface area contributed by atoms with Gasteiger partial charge in [-0.15, -0.1) is 0 Å². The summed E-state index contributed by atoms with van der Waals surface area (Å²) in [4.78, 5) is 11.4. The fraction of sp³-hybridized carbons (Fsp3) is 0.909. The number of hydrogen-bond acceptors (Lipinski definition) is 4. The predicted octanol–water partition coefficient (Wildman–Crippen LogP) is -0.195. The highest BCUT2D eigenvalue weighted by atomic mass is 32.2. The first-order valence-electron chi connectivity index (χ1n) is 6.28. The summed E-state index contributed by atoms with van der Waals surface area (Å²) in [7, 11) is -3.40. The molecule has 0 aliphatic carbocycles. The zero-order valence-corrected chi connectivity index (χ0v) is 12.2. The Kier molecular flexibility index (Phi) is 8.13. The molecule has 0 bridgehead atoms. The van der Waals surface area contributed by atoms with E-state index in [-0.39, 0.29) is 25.4 Å². The molecule has 0 heterocycles. The van der Waals surface area contributed by atoms with Crippen LogP contribution in [-0.4, -0.2) is 39.2 Å². The van der Waals surface area contributed by atoms with E-state index >= 15 is 0 Å². The third-order valence-corrected chi connectivity index (χ3v) is 4.53. The van der Waals surface area contributed by atoms with Gasteiger partial charge in [0.25, 0.3) is 0 Å². The van der Waals surface area contributed by atoms with Crippen molar-refractivity contribution in [2.24, 2.45) is 11.7 Å². The monoisotopic (exact) mass is 279 g/mol. The maximum atomic E-state index is 11.7. The zero-order chi connectivity index (χ0) is 14.2. The highest BCUT2D eigenvalue weighted by Crippen LogP contribution is 2.01. The van der Waals surface area contributed by atoms with Crippen molar-refractivity contribution in [1.82, 2.24) is 10.0 Å². The normalized spacial score (nSPS) is 13.6. The Morgan fingerprint density at radius 3 is 2.39 bits per heavy atom. The number of hydrogen-bond donors (Lipinski definition) is 3. The van der Waals surface area contributed by atoms with Crippen LogP contribution in [0, 0.1) is 5.92 Å². The van der Waals surface area contributed by atoms with Crippen LogP contribution in [0.4, 0.5) is 0 Å². The van der Waals surface area contributed by atoms with Crippen LogP contribution < -0.4 is 15.8 Å². The lowest BCUT2D eigenvalue weighted by Gasteiger charge is -2.14. The largest absolute Gasteiger partial charge is 0.356 e. The van der Waals surface area contributed by atoms with E-state index < -0.39 is 15.3 Å². The Hall–Kier alpha value is -0.660. The van der Waals surface area contributed by atoms with Gasteiger partial charge in [-0.05, 0) is 12.3 Å². The van der Waals surface area contributed by atoms with Gasteiger partial charge in [0, 0.05) is 26.1 Å². The summed E-state index contributed by atoms with van der Waals surface area (Å²) < 4.78 is 25.8. The van der Waals surface area contributed by atoms with Crippen LogP contribution in [0.15, 0.2) is 0 Å². The van der Waals surface area contributed by atoms with Gasteiger partial charge in [-0.25, -0.2) is 13.1 Å². The molecule has 0 aromatic heterocycles. The molecule has 6 nitrogen and oxygen atoms in total. The summed E-state index contributed by atoms with van der Waals surface area (Å²) in [5.74, 6) is 0.236. The predicted molar refractivity (Wildman–Crippen MR) is 72.5 cm³/mol. The number of nitrogens with one attached hydrogen (secondary N) is 2. The van der Waals surface area contributed by atoms with Crippen LogP contribution in [-0.2, 0) is 14.8 Å². The summed E-state index contributed by atoms with van der Waals surface area (Å²) in [6, 6.07) is 0. The van der Waals surface area contributed by atoms with Crippen molar-refractivity contribution in [3.8, 4) is 0 Å². The van der Waals surface area contributed by atoms with Crippen molar-refractivity contribution < 1.29 is 13.2 Å². The summed E-state index contributed by atoms with van der Waals surface area (Å²) in [6.07, 6.45) is 0.609. The van der Waals surface area contributed by atoms with Gasteiger partial charge in [0.15, 0.2) is 0 Å². The SMILES string of the molecule is CCC(CN)S(=O)(=O)NCCC(=O)NCC(C)C. The highest BCUT2D eigenvalue weighted by Gasteiger charge is 2.21. The van der Waals surface area contributed by atoms with E-state index in [0.29, 0.717) is 18.9 Å². The summed E-state index contributed by atoms with van der Waals surface area (Å²) in [5.41, 5.74) is 5.38. The zero-order valence-electron chi connectivity index (χ0n) is 11.4. The van der Waals surface area contributed by atoms with Gasteiger partial charge in [-0.2, -0.15) is 0 Å². The van der Waals surface area contributed by atoms with Gasteiger partial charge in [0.2, 0.25) is 15.9 Å². The molecule has 0 radical (unpaired) electrons. The molecule has 0 saturated heterocycles. The maximum Gasteiger partial charge on any atom is 0.221 e. The molecule has 0 spiro atoms. The summed E-state index contributed by atoms with van der Waals surface area (Å²) in [5, 5.41) is 2.14. The molecule has 0 rings (SSSR count). The van der Waals surface area contributed by atoms with Gasteiger partial charge in [-0.3, -0.25) is 4.79 Å². The topological polar surface area (TPSA) is 101 Å². The van der Waals surface area contributed by atoms with Gasteiger partial charge in [-0.1, -0.05) is 20.8 Å². The lowest BCUT2D eigenvalue weighted by atomic mass is 10.2. The van der Waals surface area contributed by atoms with Crippen molar-refractivity contribution in [1.29, 1.82) is 0 Å². The molecule has 0 saturated carbocycles. The molecular formula is C11H25N3O3S. The van der Waals surface area contributed by atoms with Crippen LogP contribution in [0.1, 0.15) is 33.6 Å². The van der Waals surface area contributed by atoms with Gasteiger partial charge < -0.3 is 11.1 Å². The lowest BCUT2D eigenvalue weighted by molar-refractivity contribution is -0.121. The Morgan fingerprint density at radius 1 is 1.33 bits per heavy atom. The average molecular weight is 279 g/mol. The Balaban J connectivity index is 4.00. The van der Waals surface area contributed by atoms with Crippen LogP contribution in [0.5, 0.6) is 0 Å². The molecule has 7 heteroatoms. The van der Waals surface area contributed by atoms with Crippen molar-refractivity contribution in [3.05, 3.63) is 0 Å². The van der Waals surface area contributed by atoms with Crippen molar-refractivity contribution >= 4 is 15.9 Å². The van der Waals surface area contributed by atoms with E-state index in [0.717, 1.165) is 0 Å². The van der Waals surface area contributed by atoms with Crippen molar-refractivity contribution in [2.45, 2.75) is 38.9 Å². The van der Waals surface area contributed by atoms with E-state index in [2.05, 4.69) is 10.0 Å². The Labute approximate surface area is 110 Å². The first-order chi connectivity index (χ1) is 8.33. The second kappa shape index (κ2) is 8.44. The molecule has 108 valence electrons. The molecule has 0 aliphatic heterocycles. The first kappa shape index (κ1) is 17.3. The van der Waals surface area contributed by atoms with Gasteiger partial charge >= 0.3 is 0 Å². The fourth-order valence-corrected chi connectivity index (χ4v) is 2.66. The molecule has 18 heavy (non-hydrogen) atoms. The summed E-state index contributed by atoms with van der Waals surface area (Å²) >= 11 is 0. The minimum Gasteiger partial charge on any atom is -0.356 e. The van der Waals surface area contributed by atoms with E-state index in [9.17, 15) is 13.2 Å². The number of carbonyl (C=O) groups is 1. The lowest BCUT2D eigenvalue weighted by Crippen LogP contribution is -2.40. The molecule has 1 atom stereocenters. The molecule has 0 aromatic rings. The molecule has 0 aliphatic rings. The van der Waals surface area contributed by atoms with Gasteiger partial charge in [0.05, 0.1) is 5.25 Å². The highest BCUT2D eigenvalue weighted by molar-refractivity contribution is 7.90. The number of sulfonamides is 1. The Morgan fingerprint density at radius 2 is 1.94 bits per heavy atom. The third-order valence-electron chi connectivity index (χ3n) is 2.52. The van der Waals surface area contributed by atoms with Crippen LogP contribution in [0.2, 0.25) is 0 Å². The minimum atomic E-state index is -3.40. The maximum absolute atomic E-state index is 11.7. The van der Waals surface area contributed by atoms with Gasteiger partial charge in [0.1, 0.15) is 0 Å². The van der Waals surface area contributed by atoms with E-state index in [1.165, 1.54) is 0 Å². The molecule has 4 N–H and O–H groups in total. The standard InChI is InChI=1S/C11H25N3O3S/c1-4-10(7-12)18(16,17)14-6-5-11(15)13-8-9(2)3/h9-10,14H,4-8,12H2,1-3H3,(H,13,15). The second-order valence-corrected chi connectivity index (χ2v) is 6.70. The molecule has 1 unspecified atom stereocenters. The molecular weight excluding hydrogens is 254 g/mol. The van der Waals surface area contributed by atoms with Crippen LogP contribution in [0.25, 0.3) is 0 Å². The quantitative estimate of drug-likeness (QED) is 0.544. The smallest absolute Gasteiger partial charge is 0.221 e. The van der Waals surface area contributed by atoms with Crippen molar-refractivity contribution in [3.63, 3.8) is 0 Å². The van der Waals surface area contributed by atoms with E-state index in [4.69, 9.17) is 5.73 Å². The minimum absolute atomic E-state index is 0.0887. The average Bonchev–Trinajstić information content (AvgIpc) is 2.27.